The molecule has 0 saturated carbocycles. The number of ether oxygens (including phenoxy) is 1. The summed E-state index contributed by atoms with van der Waals surface area (Å²) in [5.41, 5.74) is 2.63. The first kappa shape index (κ1) is 20.0. The van der Waals surface area contributed by atoms with Crippen LogP contribution in [-0.4, -0.2) is 46.6 Å². The number of methoxy groups -OCH3 is 1. The van der Waals surface area contributed by atoms with Gasteiger partial charge in [0.15, 0.2) is 0 Å². The lowest BCUT2D eigenvalue weighted by Crippen LogP contribution is -2.43. The molecule has 7 nitrogen and oxygen atoms in total. The first-order valence-electron chi connectivity index (χ1n) is 9.71. The van der Waals surface area contributed by atoms with Crippen LogP contribution in [0.3, 0.4) is 0 Å². The largest absolute Gasteiger partial charge is 0.497 e. The van der Waals surface area contributed by atoms with Gasteiger partial charge in [-0.05, 0) is 50.1 Å². The molecular formula is C22H22N4O3S. The number of nitrogens with zero attached hydrogens (tertiary/aromatic N) is 3. The van der Waals surface area contributed by atoms with Gasteiger partial charge in [-0.1, -0.05) is 35.1 Å². The number of aromatic nitrogens is 2. The van der Waals surface area contributed by atoms with Gasteiger partial charge < -0.3 is 9.64 Å². The monoisotopic (exact) mass is 422 g/mol. The second-order valence-corrected chi connectivity index (χ2v) is 8.13. The Hall–Kier alpha value is -3.26. The molecule has 1 N–H and O–H groups in total. The molecule has 1 unspecified atom stereocenters. The van der Waals surface area contributed by atoms with Gasteiger partial charge in [0, 0.05) is 17.7 Å². The highest BCUT2D eigenvalue weighted by atomic mass is 32.1. The van der Waals surface area contributed by atoms with E-state index in [2.05, 4.69) is 15.5 Å². The first-order valence-corrected chi connectivity index (χ1v) is 10.5. The molecule has 0 radical (unpaired) electrons. The minimum Gasteiger partial charge on any atom is -0.497 e. The van der Waals surface area contributed by atoms with E-state index >= 15 is 0 Å². The molecule has 1 atom stereocenters. The summed E-state index contributed by atoms with van der Waals surface area (Å²) in [6, 6.07) is 14.4. The van der Waals surface area contributed by atoms with E-state index in [1.807, 2.05) is 31.2 Å². The maximum absolute atomic E-state index is 12.9. The van der Waals surface area contributed by atoms with Crippen molar-refractivity contribution in [3.05, 3.63) is 59.7 Å². The molecule has 2 heterocycles. The van der Waals surface area contributed by atoms with E-state index in [4.69, 9.17) is 4.74 Å². The van der Waals surface area contributed by atoms with E-state index in [1.165, 1.54) is 11.3 Å². The van der Waals surface area contributed by atoms with Gasteiger partial charge in [0.2, 0.25) is 11.0 Å². The molecule has 0 bridgehead atoms. The molecule has 3 aromatic rings. The zero-order valence-electron chi connectivity index (χ0n) is 16.8. The number of amides is 2. The Kier molecular flexibility index (Phi) is 5.76. The van der Waals surface area contributed by atoms with Gasteiger partial charge >= 0.3 is 0 Å². The van der Waals surface area contributed by atoms with E-state index in [-0.39, 0.29) is 11.8 Å². The van der Waals surface area contributed by atoms with Gasteiger partial charge in [-0.25, -0.2) is 0 Å². The number of nitrogens with one attached hydrogen (secondary N) is 1. The fourth-order valence-corrected chi connectivity index (χ4v) is 4.28. The van der Waals surface area contributed by atoms with E-state index in [0.717, 1.165) is 22.6 Å². The van der Waals surface area contributed by atoms with E-state index in [9.17, 15) is 9.59 Å². The number of rotatable bonds is 5. The fourth-order valence-electron chi connectivity index (χ4n) is 3.54. The highest BCUT2D eigenvalue weighted by molar-refractivity contribution is 7.18. The van der Waals surface area contributed by atoms with Crippen molar-refractivity contribution in [1.82, 2.24) is 15.1 Å². The van der Waals surface area contributed by atoms with E-state index in [1.54, 1.807) is 36.3 Å². The van der Waals surface area contributed by atoms with Crippen LogP contribution >= 0.6 is 11.3 Å². The molecule has 1 fully saturated rings. The van der Waals surface area contributed by atoms with Crippen molar-refractivity contribution in [2.24, 2.45) is 0 Å². The number of likely N-dealkylation sites (tertiary alicyclic amines) is 1. The van der Waals surface area contributed by atoms with Crippen LogP contribution in [0.25, 0.3) is 10.6 Å². The Bertz CT molecular complexity index is 1060. The number of carbonyl (C=O) groups is 2. The van der Waals surface area contributed by atoms with Crippen LogP contribution in [0.2, 0.25) is 0 Å². The molecule has 2 aromatic carbocycles. The summed E-state index contributed by atoms with van der Waals surface area (Å²) in [5.74, 6) is 0.289. The Labute approximate surface area is 178 Å². The molecule has 4 rings (SSSR count). The van der Waals surface area contributed by atoms with Crippen LogP contribution in [0.1, 0.15) is 28.8 Å². The molecule has 2 amide bonds. The van der Waals surface area contributed by atoms with Crippen LogP contribution in [-0.2, 0) is 4.79 Å². The van der Waals surface area contributed by atoms with Gasteiger partial charge in [0.25, 0.3) is 5.91 Å². The van der Waals surface area contributed by atoms with Crippen molar-refractivity contribution >= 4 is 28.3 Å². The zero-order valence-corrected chi connectivity index (χ0v) is 17.6. The minimum absolute atomic E-state index is 0.159. The quantitative estimate of drug-likeness (QED) is 0.677. The van der Waals surface area contributed by atoms with E-state index in [0.29, 0.717) is 29.4 Å². The van der Waals surface area contributed by atoms with Crippen LogP contribution in [0.5, 0.6) is 5.75 Å². The zero-order chi connectivity index (χ0) is 21.1. The van der Waals surface area contributed by atoms with Crippen LogP contribution in [0.15, 0.2) is 48.5 Å². The summed E-state index contributed by atoms with van der Waals surface area (Å²) in [4.78, 5) is 27.4. The van der Waals surface area contributed by atoms with Gasteiger partial charge in [-0.3, -0.25) is 14.9 Å². The average molecular weight is 423 g/mol. The predicted molar refractivity (Wildman–Crippen MR) is 116 cm³/mol. The molecule has 1 saturated heterocycles. The van der Waals surface area contributed by atoms with Gasteiger partial charge in [0.1, 0.15) is 16.8 Å². The number of hydrogen-bond acceptors (Lipinski definition) is 6. The summed E-state index contributed by atoms with van der Waals surface area (Å²) in [6.45, 7) is 2.56. The highest BCUT2D eigenvalue weighted by Gasteiger charge is 2.35. The van der Waals surface area contributed by atoms with Crippen LogP contribution < -0.4 is 10.1 Å². The number of anilines is 1. The van der Waals surface area contributed by atoms with Crippen LogP contribution in [0.4, 0.5) is 5.13 Å². The molecular weight excluding hydrogens is 400 g/mol. The molecule has 0 aliphatic carbocycles. The molecule has 154 valence electrons. The lowest BCUT2D eigenvalue weighted by Gasteiger charge is -2.23. The number of carbonyl (C=O) groups excluding carboxylic acids is 2. The number of hydrogen-bond donors (Lipinski definition) is 1. The second kappa shape index (κ2) is 8.62. The third-order valence-electron chi connectivity index (χ3n) is 5.07. The van der Waals surface area contributed by atoms with Crippen molar-refractivity contribution in [2.45, 2.75) is 25.8 Å². The topological polar surface area (TPSA) is 84.4 Å². The van der Waals surface area contributed by atoms with Crippen molar-refractivity contribution in [3.8, 4) is 16.3 Å². The summed E-state index contributed by atoms with van der Waals surface area (Å²) < 4.78 is 5.14. The van der Waals surface area contributed by atoms with Crippen molar-refractivity contribution in [2.75, 3.05) is 19.0 Å². The molecule has 1 aromatic heterocycles. The smallest absolute Gasteiger partial charge is 0.254 e. The third-order valence-corrected chi connectivity index (χ3v) is 5.96. The molecule has 30 heavy (non-hydrogen) atoms. The standard InChI is InChI=1S/C22H22N4O3S/c1-14-5-3-6-16(13-14)20-24-25-22(30-20)23-19(27)18-7-4-12-26(18)21(28)15-8-10-17(29-2)11-9-15/h3,5-6,8-11,13,18H,4,7,12H2,1-2H3,(H,23,25,27). The summed E-state index contributed by atoms with van der Waals surface area (Å²) in [6.07, 6.45) is 1.40. The van der Waals surface area contributed by atoms with Crippen molar-refractivity contribution in [1.29, 1.82) is 0 Å². The Morgan fingerprint density at radius 2 is 1.97 bits per heavy atom. The number of aryl methyl sites for hydroxylation is 1. The molecule has 0 spiro atoms. The summed E-state index contributed by atoms with van der Waals surface area (Å²) in [5, 5.41) is 12.3. The van der Waals surface area contributed by atoms with Gasteiger partial charge in [-0.2, -0.15) is 0 Å². The lowest BCUT2D eigenvalue weighted by molar-refractivity contribution is -0.119. The van der Waals surface area contributed by atoms with Crippen molar-refractivity contribution in [3.63, 3.8) is 0 Å². The fraction of sp³-hybridized carbons (Fsp3) is 0.273. The van der Waals surface area contributed by atoms with Gasteiger partial charge in [-0.15, -0.1) is 10.2 Å². The Morgan fingerprint density at radius 1 is 1.17 bits per heavy atom. The summed E-state index contributed by atoms with van der Waals surface area (Å²) in [7, 11) is 1.58. The lowest BCUT2D eigenvalue weighted by atomic mass is 10.1. The minimum atomic E-state index is -0.522. The molecule has 8 heteroatoms. The normalized spacial score (nSPS) is 15.8. The molecule has 1 aliphatic heterocycles. The van der Waals surface area contributed by atoms with Crippen molar-refractivity contribution < 1.29 is 14.3 Å². The Morgan fingerprint density at radius 3 is 2.70 bits per heavy atom. The summed E-state index contributed by atoms with van der Waals surface area (Å²) >= 11 is 1.32. The maximum Gasteiger partial charge on any atom is 0.254 e. The highest BCUT2D eigenvalue weighted by Crippen LogP contribution is 2.28. The Balaban J connectivity index is 1.45. The number of benzene rings is 2. The SMILES string of the molecule is COc1ccc(C(=O)N2CCCC2C(=O)Nc2nnc(-c3cccc(C)c3)s2)cc1. The van der Waals surface area contributed by atoms with Gasteiger partial charge in [0.05, 0.1) is 7.11 Å². The average Bonchev–Trinajstić information content (AvgIpc) is 3.43. The first-order chi connectivity index (χ1) is 14.5. The predicted octanol–water partition coefficient (Wildman–Crippen LogP) is 3.77. The molecule has 1 aliphatic rings. The van der Waals surface area contributed by atoms with E-state index < -0.39 is 6.04 Å². The second-order valence-electron chi connectivity index (χ2n) is 7.16. The maximum atomic E-state index is 12.9. The van der Waals surface area contributed by atoms with Crippen LogP contribution in [0, 0.1) is 6.92 Å². The third kappa shape index (κ3) is 4.18.